The van der Waals surface area contributed by atoms with Gasteiger partial charge in [-0.15, -0.1) is 0 Å². The van der Waals surface area contributed by atoms with Gasteiger partial charge >= 0.3 is 0 Å². The molecule has 0 aromatic carbocycles. The van der Waals surface area contributed by atoms with Gasteiger partial charge in [0, 0.05) is 14.2 Å². The second-order valence-corrected chi connectivity index (χ2v) is 5.78. The van der Waals surface area contributed by atoms with Gasteiger partial charge in [-0.2, -0.15) is 4.31 Å². The highest BCUT2D eigenvalue weighted by molar-refractivity contribution is 7.89. The fourth-order valence-electron chi connectivity index (χ4n) is 1.34. The maximum absolute atomic E-state index is 11.7. The van der Waals surface area contributed by atoms with Gasteiger partial charge in [0.15, 0.2) is 0 Å². The number of methoxy groups -OCH3 is 1. The van der Waals surface area contributed by atoms with Crippen LogP contribution in [0.3, 0.4) is 0 Å². The van der Waals surface area contributed by atoms with E-state index in [0.717, 1.165) is 12.8 Å². The molecule has 0 saturated heterocycles. The number of nitrogens with zero attached hydrogens (tertiary/aromatic N) is 1. The Balaban J connectivity index is 2.63. The molecular weight excluding hydrogens is 206 g/mol. The van der Waals surface area contributed by atoms with Crippen molar-refractivity contribution in [3.05, 3.63) is 0 Å². The van der Waals surface area contributed by atoms with E-state index in [1.54, 1.807) is 0 Å². The predicted octanol–water partition coefficient (Wildman–Crippen LogP) is -0.581. The highest BCUT2D eigenvalue weighted by Crippen LogP contribution is 2.41. The molecule has 84 valence electrons. The summed E-state index contributed by atoms with van der Waals surface area (Å²) in [6.07, 6.45) is 1.48. The van der Waals surface area contributed by atoms with Crippen molar-refractivity contribution in [1.29, 1.82) is 0 Å². The minimum atomic E-state index is -3.28. The van der Waals surface area contributed by atoms with Gasteiger partial charge in [0.1, 0.15) is 0 Å². The molecule has 14 heavy (non-hydrogen) atoms. The van der Waals surface area contributed by atoms with Crippen molar-refractivity contribution < 1.29 is 18.3 Å². The summed E-state index contributed by atoms with van der Waals surface area (Å²) >= 11 is 0. The third-order valence-electron chi connectivity index (χ3n) is 2.75. The van der Waals surface area contributed by atoms with Crippen LogP contribution in [0.25, 0.3) is 0 Å². The number of hydrogen-bond donors (Lipinski definition) is 1. The number of sulfonamides is 1. The minimum absolute atomic E-state index is 0.0260. The number of ether oxygens (including phenoxy) is 1. The first-order valence-corrected chi connectivity index (χ1v) is 6.16. The Morgan fingerprint density at radius 3 is 2.43 bits per heavy atom. The summed E-state index contributed by atoms with van der Waals surface area (Å²) in [5.41, 5.74) is -0.521. The van der Waals surface area contributed by atoms with Crippen LogP contribution in [0.5, 0.6) is 0 Å². The zero-order chi connectivity index (χ0) is 10.8. The summed E-state index contributed by atoms with van der Waals surface area (Å²) in [4.78, 5) is 0. The van der Waals surface area contributed by atoms with Crippen molar-refractivity contribution in [3.63, 3.8) is 0 Å². The van der Waals surface area contributed by atoms with Crippen molar-refractivity contribution in [2.24, 2.45) is 0 Å². The monoisotopic (exact) mass is 223 g/mol. The summed E-state index contributed by atoms with van der Waals surface area (Å²) in [6.45, 7) is 0.0872. The van der Waals surface area contributed by atoms with E-state index in [1.807, 2.05) is 0 Å². The van der Waals surface area contributed by atoms with Crippen molar-refractivity contribution in [3.8, 4) is 0 Å². The Labute approximate surface area is 84.7 Å². The average molecular weight is 223 g/mol. The second-order valence-electron chi connectivity index (χ2n) is 3.66. The van der Waals surface area contributed by atoms with E-state index in [2.05, 4.69) is 0 Å². The van der Waals surface area contributed by atoms with Crippen LogP contribution in [-0.2, 0) is 14.8 Å². The largest absolute Gasteiger partial charge is 0.394 e. The molecule has 0 atom stereocenters. The molecule has 0 aliphatic heterocycles. The molecule has 0 heterocycles. The Kier molecular flexibility index (Phi) is 3.52. The van der Waals surface area contributed by atoms with Gasteiger partial charge < -0.3 is 9.84 Å². The van der Waals surface area contributed by atoms with E-state index in [1.165, 1.54) is 18.5 Å². The molecule has 1 rings (SSSR count). The van der Waals surface area contributed by atoms with Crippen LogP contribution in [0, 0.1) is 0 Å². The first kappa shape index (κ1) is 11.9. The predicted molar refractivity (Wildman–Crippen MR) is 52.5 cm³/mol. The maximum Gasteiger partial charge on any atom is 0.216 e. The first-order chi connectivity index (χ1) is 6.48. The van der Waals surface area contributed by atoms with Crippen LogP contribution in [0.2, 0.25) is 0 Å². The zero-order valence-corrected chi connectivity index (χ0v) is 9.38. The van der Waals surface area contributed by atoms with Crippen LogP contribution in [-0.4, -0.2) is 56.5 Å². The Morgan fingerprint density at radius 2 is 2.07 bits per heavy atom. The lowest BCUT2D eigenvalue weighted by atomic mass is 10.3. The van der Waals surface area contributed by atoms with Gasteiger partial charge in [-0.3, -0.25) is 0 Å². The topological polar surface area (TPSA) is 66.8 Å². The van der Waals surface area contributed by atoms with E-state index in [4.69, 9.17) is 9.84 Å². The number of hydrogen-bond acceptors (Lipinski definition) is 4. The summed E-state index contributed by atoms with van der Waals surface area (Å²) in [7, 11) is -0.293. The molecule has 1 N–H and O–H groups in total. The molecule has 1 saturated carbocycles. The summed E-state index contributed by atoms with van der Waals surface area (Å²) < 4.78 is 29.4. The fraction of sp³-hybridized carbons (Fsp3) is 1.00. The summed E-state index contributed by atoms with van der Waals surface area (Å²) in [5, 5.41) is 9.08. The number of likely N-dealkylation sites (N-methyl/N-ethyl adjacent to an activating group) is 1. The molecule has 1 fully saturated rings. The highest BCUT2D eigenvalue weighted by atomic mass is 32.2. The molecule has 0 unspecified atom stereocenters. The van der Waals surface area contributed by atoms with Crippen LogP contribution in [0.15, 0.2) is 0 Å². The molecule has 1 aliphatic carbocycles. The second kappa shape index (κ2) is 4.14. The third kappa shape index (κ3) is 2.25. The zero-order valence-electron chi connectivity index (χ0n) is 8.56. The summed E-state index contributed by atoms with van der Waals surface area (Å²) in [5.74, 6) is -0.0260. The molecule has 0 amide bonds. The molecule has 5 nitrogen and oxygen atoms in total. The minimum Gasteiger partial charge on any atom is -0.394 e. The summed E-state index contributed by atoms with van der Waals surface area (Å²) in [6, 6.07) is 0. The maximum atomic E-state index is 11.7. The van der Waals surface area contributed by atoms with E-state index in [-0.39, 0.29) is 19.0 Å². The van der Waals surface area contributed by atoms with E-state index in [0.29, 0.717) is 0 Å². The van der Waals surface area contributed by atoms with E-state index >= 15 is 0 Å². The molecule has 0 aromatic rings. The molecular formula is C8H17NO4S. The van der Waals surface area contributed by atoms with Crippen molar-refractivity contribution in [1.82, 2.24) is 4.31 Å². The molecule has 6 heteroatoms. The Morgan fingerprint density at radius 1 is 1.50 bits per heavy atom. The first-order valence-electron chi connectivity index (χ1n) is 4.55. The lowest BCUT2D eigenvalue weighted by Gasteiger charge is -2.25. The van der Waals surface area contributed by atoms with Crippen molar-refractivity contribution in [2.45, 2.75) is 18.4 Å². The third-order valence-corrected chi connectivity index (χ3v) is 4.66. The molecule has 0 bridgehead atoms. The SMILES string of the molecule is COCCS(=O)(=O)N(C)C1(CO)CC1. The highest BCUT2D eigenvalue weighted by Gasteiger charge is 2.50. The van der Waals surface area contributed by atoms with E-state index < -0.39 is 15.6 Å². The van der Waals surface area contributed by atoms with Gasteiger partial charge in [-0.1, -0.05) is 0 Å². The Hall–Kier alpha value is -0.170. The van der Waals surface area contributed by atoms with Crippen LogP contribution in [0.1, 0.15) is 12.8 Å². The van der Waals surface area contributed by atoms with Crippen molar-refractivity contribution >= 4 is 10.0 Å². The molecule has 0 spiro atoms. The standard InChI is InChI=1S/C8H17NO4S/c1-9(8(7-10)3-4-8)14(11,12)6-5-13-2/h10H,3-7H2,1-2H3. The lowest BCUT2D eigenvalue weighted by Crippen LogP contribution is -2.43. The smallest absolute Gasteiger partial charge is 0.216 e. The molecule has 0 radical (unpaired) electrons. The van der Waals surface area contributed by atoms with Gasteiger partial charge in [-0.05, 0) is 12.8 Å². The Bertz CT molecular complexity index is 284. The van der Waals surface area contributed by atoms with Gasteiger partial charge in [-0.25, -0.2) is 8.42 Å². The van der Waals surface area contributed by atoms with Crippen LogP contribution < -0.4 is 0 Å². The van der Waals surface area contributed by atoms with Crippen LogP contribution >= 0.6 is 0 Å². The number of aliphatic hydroxyl groups is 1. The van der Waals surface area contributed by atoms with Gasteiger partial charge in [0.25, 0.3) is 0 Å². The van der Waals surface area contributed by atoms with Crippen LogP contribution in [0.4, 0.5) is 0 Å². The lowest BCUT2D eigenvalue weighted by molar-refractivity contribution is 0.183. The molecule has 0 aromatic heterocycles. The normalized spacial score (nSPS) is 20.0. The number of aliphatic hydroxyl groups excluding tert-OH is 1. The number of rotatable bonds is 6. The quantitative estimate of drug-likeness (QED) is 0.654. The van der Waals surface area contributed by atoms with Gasteiger partial charge in [0.2, 0.25) is 10.0 Å². The van der Waals surface area contributed by atoms with E-state index in [9.17, 15) is 8.42 Å². The fourth-order valence-corrected chi connectivity index (χ4v) is 2.82. The van der Waals surface area contributed by atoms with Crippen molar-refractivity contribution in [2.75, 3.05) is 33.1 Å². The van der Waals surface area contributed by atoms with Gasteiger partial charge in [0.05, 0.1) is 24.5 Å². The molecule has 1 aliphatic rings. The average Bonchev–Trinajstić information content (AvgIpc) is 2.94.